The number of benzene rings is 1. The van der Waals surface area contributed by atoms with Crippen molar-refractivity contribution in [1.29, 1.82) is 0 Å². The zero-order valence-electron chi connectivity index (χ0n) is 8.41. The summed E-state index contributed by atoms with van der Waals surface area (Å²) in [6.45, 7) is 0. The highest BCUT2D eigenvalue weighted by Crippen LogP contribution is 2.24. The van der Waals surface area contributed by atoms with Gasteiger partial charge in [0.15, 0.2) is 11.6 Å². The van der Waals surface area contributed by atoms with E-state index >= 15 is 0 Å². The summed E-state index contributed by atoms with van der Waals surface area (Å²) in [5.74, 6) is -1.66. The molecule has 0 bridgehead atoms. The summed E-state index contributed by atoms with van der Waals surface area (Å²) in [5, 5.41) is 13.5. The second kappa shape index (κ2) is 4.73. The molecule has 2 aromatic rings. The van der Waals surface area contributed by atoms with Crippen molar-refractivity contribution in [3.05, 3.63) is 45.4 Å². The number of phenols is 1. The molecule has 1 amide bonds. The highest BCUT2D eigenvalue weighted by molar-refractivity contribution is 7.12. The average molecular weight is 272 g/mol. The smallest absolute Gasteiger partial charge is 0.267 e. The maximum atomic E-state index is 13.0. The molecule has 0 fully saturated rings. The predicted molar refractivity (Wildman–Crippen MR) is 65.3 cm³/mol. The van der Waals surface area contributed by atoms with Crippen LogP contribution in [0, 0.1) is 5.82 Å². The number of anilines is 1. The molecule has 2 N–H and O–H groups in total. The van der Waals surface area contributed by atoms with Crippen LogP contribution in [-0.2, 0) is 0 Å². The van der Waals surface area contributed by atoms with E-state index in [0.29, 0.717) is 9.90 Å². The third-order valence-corrected chi connectivity index (χ3v) is 3.37. The first-order chi connectivity index (χ1) is 8.08. The van der Waals surface area contributed by atoms with Crippen LogP contribution in [0.5, 0.6) is 5.75 Å². The monoisotopic (exact) mass is 271 g/mol. The van der Waals surface area contributed by atoms with Crippen LogP contribution in [0.3, 0.4) is 0 Å². The van der Waals surface area contributed by atoms with E-state index in [1.165, 1.54) is 23.5 Å². The van der Waals surface area contributed by atoms with Crippen molar-refractivity contribution >= 4 is 34.5 Å². The molecule has 1 aromatic carbocycles. The highest BCUT2D eigenvalue weighted by Gasteiger charge is 2.12. The van der Waals surface area contributed by atoms with E-state index in [9.17, 15) is 9.18 Å². The number of rotatable bonds is 2. The Kier molecular flexibility index (Phi) is 3.31. The van der Waals surface area contributed by atoms with Crippen molar-refractivity contribution < 1.29 is 14.3 Å². The zero-order valence-corrected chi connectivity index (χ0v) is 9.98. The van der Waals surface area contributed by atoms with Crippen LogP contribution < -0.4 is 5.32 Å². The first-order valence-corrected chi connectivity index (χ1v) is 5.86. The molecule has 2 rings (SSSR count). The van der Waals surface area contributed by atoms with E-state index in [1.807, 2.05) is 0 Å². The number of hydrogen-bond acceptors (Lipinski definition) is 3. The van der Waals surface area contributed by atoms with Gasteiger partial charge in [0.25, 0.3) is 5.91 Å². The van der Waals surface area contributed by atoms with E-state index < -0.39 is 17.5 Å². The Labute approximate surface area is 105 Å². The molecule has 0 unspecified atom stereocenters. The molecule has 0 saturated carbocycles. The lowest BCUT2D eigenvalue weighted by molar-refractivity contribution is 0.103. The van der Waals surface area contributed by atoms with Crippen LogP contribution in [0.4, 0.5) is 10.1 Å². The number of nitrogens with one attached hydrogen (secondary N) is 1. The van der Waals surface area contributed by atoms with Crippen molar-refractivity contribution in [3.63, 3.8) is 0 Å². The summed E-state index contributed by atoms with van der Waals surface area (Å²) in [5.41, 5.74) is 0.259. The van der Waals surface area contributed by atoms with Gasteiger partial charge in [-0.2, -0.15) is 0 Å². The molecule has 17 heavy (non-hydrogen) atoms. The standard InChI is InChI=1S/C11H7ClFNO2S/c12-7-3-4-17-10(7)11(16)14-6-1-2-9(15)8(13)5-6/h1-5,15H,(H,14,16). The van der Waals surface area contributed by atoms with Crippen LogP contribution in [0.25, 0.3) is 0 Å². The number of aromatic hydroxyl groups is 1. The van der Waals surface area contributed by atoms with Crippen molar-refractivity contribution in [3.8, 4) is 5.75 Å². The van der Waals surface area contributed by atoms with Crippen LogP contribution in [0.1, 0.15) is 9.67 Å². The number of thiophene rings is 1. The quantitative estimate of drug-likeness (QED) is 0.822. The SMILES string of the molecule is O=C(Nc1ccc(O)c(F)c1)c1sccc1Cl. The van der Waals surface area contributed by atoms with Gasteiger partial charge in [0, 0.05) is 11.8 Å². The minimum absolute atomic E-state index is 0.259. The Balaban J connectivity index is 2.19. The summed E-state index contributed by atoms with van der Waals surface area (Å²) in [4.78, 5) is 12.1. The Bertz CT molecular complexity index is 570. The minimum Gasteiger partial charge on any atom is -0.505 e. The molecule has 0 spiro atoms. The van der Waals surface area contributed by atoms with Gasteiger partial charge < -0.3 is 10.4 Å². The van der Waals surface area contributed by atoms with Gasteiger partial charge in [-0.3, -0.25) is 4.79 Å². The fraction of sp³-hybridized carbons (Fsp3) is 0. The first kappa shape index (κ1) is 11.9. The first-order valence-electron chi connectivity index (χ1n) is 4.61. The minimum atomic E-state index is -0.792. The molecule has 0 aliphatic heterocycles. The predicted octanol–water partition coefficient (Wildman–Crippen LogP) is 3.50. The summed E-state index contributed by atoms with van der Waals surface area (Å²) >= 11 is 6.99. The number of hydrogen-bond donors (Lipinski definition) is 2. The van der Waals surface area contributed by atoms with Crippen LogP contribution >= 0.6 is 22.9 Å². The molecule has 3 nitrogen and oxygen atoms in total. The Morgan fingerprint density at radius 2 is 2.18 bits per heavy atom. The van der Waals surface area contributed by atoms with Crippen LogP contribution in [0.15, 0.2) is 29.6 Å². The van der Waals surface area contributed by atoms with Crippen molar-refractivity contribution in [1.82, 2.24) is 0 Å². The van der Waals surface area contributed by atoms with Gasteiger partial charge in [0.05, 0.1) is 5.02 Å². The van der Waals surface area contributed by atoms with E-state index in [1.54, 1.807) is 11.4 Å². The molecular formula is C11H7ClFNO2S. The average Bonchev–Trinajstić information content (AvgIpc) is 2.70. The van der Waals surface area contributed by atoms with Gasteiger partial charge in [-0.15, -0.1) is 11.3 Å². The molecule has 0 radical (unpaired) electrons. The fourth-order valence-corrected chi connectivity index (χ4v) is 2.26. The fourth-order valence-electron chi connectivity index (χ4n) is 1.23. The number of carbonyl (C=O) groups is 1. The third-order valence-electron chi connectivity index (χ3n) is 2.03. The van der Waals surface area contributed by atoms with Gasteiger partial charge >= 0.3 is 0 Å². The van der Waals surface area contributed by atoms with E-state index in [-0.39, 0.29) is 5.69 Å². The summed E-state index contributed by atoms with van der Waals surface area (Å²) in [6.07, 6.45) is 0. The van der Waals surface area contributed by atoms with Gasteiger partial charge in [0.2, 0.25) is 0 Å². The number of halogens is 2. The Morgan fingerprint density at radius 1 is 1.41 bits per heavy atom. The van der Waals surface area contributed by atoms with E-state index in [0.717, 1.165) is 6.07 Å². The van der Waals surface area contributed by atoms with Crippen molar-refractivity contribution in [2.75, 3.05) is 5.32 Å². The molecule has 0 aliphatic carbocycles. The lowest BCUT2D eigenvalue weighted by atomic mass is 10.3. The maximum absolute atomic E-state index is 13.0. The van der Waals surface area contributed by atoms with Gasteiger partial charge in [0.1, 0.15) is 4.88 Å². The summed E-state index contributed by atoms with van der Waals surface area (Å²) in [7, 11) is 0. The molecule has 1 aromatic heterocycles. The van der Waals surface area contributed by atoms with Crippen molar-refractivity contribution in [2.24, 2.45) is 0 Å². The Hall–Kier alpha value is -1.59. The van der Waals surface area contributed by atoms with Gasteiger partial charge in [-0.05, 0) is 23.6 Å². The van der Waals surface area contributed by atoms with Crippen LogP contribution in [0.2, 0.25) is 5.02 Å². The number of amides is 1. The van der Waals surface area contributed by atoms with Crippen LogP contribution in [-0.4, -0.2) is 11.0 Å². The lowest BCUT2D eigenvalue weighted by Gasteiger charge is -2.04. The topological polar surface area (TPSA) is 49.3 Å². The Morgan fingerprint density at radius 3 is 2.76 bits per heavy atom. The molecular weight excluding hydrogens is 265 g/mol. The molecule has 0 atom stereocenters. The largest absolute Gasteiger partial charge is 0.505 e. The zero-order chi connectivity index (χ0) is 12.4. The van der Waals surface area contributed by atoms with E-state index in [2.05, 4.69) is 5.32 Å². The second-order valence-electron chi connectivity index (χ2n) is 3.22. The van der Waals surface area contributed by atoms with Gasteiger partial charge in [-0.25, -0.2) is 4.39 Å². The molecule has 0 saturated heterocycles. The summed E-state index contributed by atoms with van der Waals surface area (Å²) < 4.78 is 13.0. The number of carbonyl (C=O) groups excluding carboxylic acids is 1. The maximum Gasteiger partial charge on any atom is 0.267 e. The lowest BCUT2D eigenvalue weighted by Crippen LogP contribution is -2.10. The molecule has 0 aliphatic rings. The van der Waals surface area contributed by atoms with E-state index in [4.69, 9.17) is 16.7 Å². The molecule has 6 heteroatoms. The third kappa shape index (κ3) is 2.57. The highest BCUT2D eigenvalue weighted by atomic mass is 35.5. The molecule has 88 valence electrons. The normalized spacial score (nSPS) is 10.2. The number of phenolic OH excluding ortho intramolecular Hbond substituents is 1. The summed E-state index contributed by atoms with van der Waals surface area (Å²) in [6, 6.07) is 5.21. The molecule has 1 heterocycles. The van der Waals surface area contributed by atoms with Crippen molar-refractivity contribution in [2.45, 2.75) is 0 Å². The van der Waals surface area contributed by atoms with Gasteiger partial charge in [-0.1, -0.05) is 11.6 Å². The second-order valence-corrected chi connectivity index (χ2v) is 4.54.